The van der Waals surface area contributed by atoms with Gasteiger partial charge in [0.05, 0.1) is 0 Å². The summed E-state index contributed by atoms with van der Waals surface area (Å²) in [5, 5.41) is 6.70. The van der Waals surface area contributed by atoms with Gasteiger partial charge in [0, 0.05) is 33.9 Å². The molecule has 0 bridgehead atoms. The maximum atomic E-state index is 13.1. The summed E-state index contributed by atoms with van der Waals surface area (Å²) in [5.41, 5.74) is 5.16. The molecule has 42 heavy (non-hydrogen) atoms. The fraction of sp³-hybridized carbons (Fsp3) is 0. The quantitative estimate of drug-likeness (QED) is 0.167. The van der Waals surface area contributed by atoms with Crippen LogP contribution in [0.5, 0.6) is 23.0 Å². The molecule has 0 aliphatic carbocycles. The molecule has 0 saturated heterocycles. The average Bonchev–Trinajstić information content (AvgIpc) is 3.04. The van der Waals surface area contributed by atoms with Gasteiger partial charge in [0.25, 0.3) is 0 Å². The molecule has 6 aromatic carbocycles. The monoisotopic (exact) mass is 548 g/mol. The highest BCUT2D eigenvalue weighted by Crippen LogP contribution is 2.27. The minimum absolute atomic E-state index is 0.0687. The van der Waals surface area contributed by atoms with Crippen molar-refractivity contribution >= 4 is 28.5 Å². The fourth-order valence-corrected chi connectivity index (χ4v) is 4.38. The SMILES string of the molecule is O=C(c1ccc(Oc2ccc(Nc3ccccc3)cc2)cc1)c1ccc(Oc2ccc(Nc3ccccc3)cc2)cc1. The Hall–Kier alpha value is -5.81. The number of ketones is 1. The van der Waals surface area contributed by atoms with Crippen LogP contribution in [0.4, 0.5) is 22.7 Å². The first-order valence-electron chi connectivity index (χ1n) is 13.6. The summed E-state index contributed by atoms with van der Waals surface area (Å²) in [7, 11) is 0. The van der Waals surface area contributed by atoms with Gasteiger partial charge in [0.1, 0.15) is 23.0 Å². The average molecular weight is 549 g/mol. The molecular weight excluding hydrogens is 520 g/mol. The molecule has 6 aromatic rings. The highest BCUT2D eigenvalue weighted by atomic mass is 16.5. The highest BCUT2D eigenvalue weighted by molar-refractivity contribution is 6.09. The van der Waals surface area contributed by atoms with Gasteiger partial charge in [-0.25, -0.2) is 0 Å². The summed E-state index contributed by atoms with van der Waals surface area (Å²) in [5.74, 6) is 2.67. The number of para-hydroxylation sites is 2. The molecule has 0 unspecified atom stereocenters. The van der Waals surface area contributed by atoms with E-state index in [4.69, 9.17) is 9.47 Å². The second-order valence-corrected chi connectivity index (χ2v) is 9.61. The lowest BCUT2D eigenvalue weighted by Crippen LogP contribution is -2.01. The van der Waals surface area contributed by atoms with E-state index in [-0.39, 0.29) is 5.78 Å². The molecule has 0 radical (unpaired) electrons. The van der Waals surface area contributed by atoms with Gasteiger partial charge in [-0.15, -0.1) is 0 Å². The van der Waals surface area contributed by atoms with Gasteiger partial charge < -0.3 is 20.1 Å². The molecule has 0 heterocycles. The van der Waals surface area contributed by atoms with Crippen LogP contribution in [0.15, 0.2) is 158 Å². The zero-order chi connectivity index (χ0) is 28.6. The Balaban J connectivity index is 1.03. The van der Waals surface area contributed by atoms with Gasteiger partial charge >= 0.3 is 0 Å². The summed E-state index contributed by atoms with van der Waals surface area (Å²) in [4.78, 5) is 13.1. The molecule has 0 amide bonds. The van der Waals surface area contributed by atoms with Crippen LogP contribution in [0.1, 0.15) is 15.9 Å². The van der Waals surface area contributed by atoms with Crippen LogP contribution in [0, 0.1) is 0 Å². The van der Waals surface area contributed by atoms with Crippen molar-refractivity contribution in [2.24, 2.45) is 0 Å². The largest absolute Gasteiger partial charge is 0.457 e. The smallest absolute Gasteiger partial charge is 0.193 e. The van der Waals surface area contributed by atoms with E-state index in [2.05, 4.69) is 10.6 Å². The van der Waals surface area contributed by atoms with Crippen LogP contribution < -0.4 is 20.1 Å². The molecule has 0 atom stereocenters. The van der Waals surface area contributed by atoms with E-state index in [9.17, 15) is 4.79 Å². The van der Waals surface area contributed by atoms with Gasteiger partial charge in [-0.1, -0.05) is 36.4 Å². The predicted octanol–water partition coefficient (Wildman–Crippen LogP) is 9.99. The van der Waals surface area contributed by atoms with Crippen LogP contribution in [0.25, 0.3) is 0 Å². The van der Waals surface area contributed by atoms with Crippen molar-refractivity contribution in [3.63, 3.8) is 0 Å². The Bertz CT molecular complexity index is 1600. The molecule has 0 spiro atoms. The van der Waals surface area contributed by atoms with E-state index < -0.39 is 0 Å². The topological polar surface area (TPSA) is 59.6 Å². The Morgan fingerprint density at radius 3 is 0.976 bits per heavy atom. The summed E-state index contributed by atoms with van der Waals surface area (Å²) >= 11 is 0. The van der Waals surface area contributed by atoms with Crippen molar-refractivity contribution in [1.82, 2.24) is 0 Å². The molecule has 204 valence electrons. The Kier molecular flexibility index (Phi) is 7.91. The van der Waals surface area contributed by atoms with E-state index in [1.54, 1.807) is 48.5 Å². The van der Waals surface area contributed by atoms with E-state index in [1.807, 2.05) is 109 Å². The van der Waals surface area contributed by atoms with Gasteiger partial charge in [-0.2, -0.15) is 0 Å². The molecule has 2 N–H and O–H groups in total. The summed E-state index contributed by atoms with van der Waals surface area (Å²) in [6.07, 6.45) is 0. The second-order valence-electron chi connectivity index (χ2n) is 9.61. The number of anilines is 4. The van der Waals surface area contributed by atoms with Crippen LogP contribution in [0.3, 0.4) is 0 Å². The number of hydrogen-bond acceptors (Lipinski definition) is 5. The van der Waals surface area contributed by atoms with Crippen LogP contribution >= 0.6 is 0 Å². The first-order chi connectivity index (χ1) is 20.7. The molecule has 0 fully saturated rings. The Morgan fingerprint density at radius 2 is 0.643 bits per heavy atom. The zero-order valence-electron chi connectivity index (χ0n) is 22.7. The molecule has 0 aliphatic rings. The molecule has 0 aromatic heterocycles. The first-order valence-corrected chi connectivity index (χ1v) is 13.6. The summed E-state index contributed by atoms with van der Waals surface area (Å²) in [6, 6.07) is 49.8. The number of carbonyl (C=O) groups excluding carboxylic acids is 1. The van der Waals surface area contributed by atoms with E-state index in [1.165, 1.54) is 0 Å². The minimum atomic E-state index is -0.0687. The normalized spacial score (nSPS) is 10.5. The van der Waals surface area contributed by atoms with E-state index in [0.29, 0.717) is 34.1 Å². The molecule has 5 nitrogen and oxygen atoms in total. The molecule has 0 saturated carbocycles. The number of ether oxygens (including phenoxy) is 2. The number of benzene rings is 6. The highest BCUT2D eigenvalue weighted by Gasteiger charge is 2.10. The second kappa shape index (κ2) is 12.6. The Morgan fingerprint density at radius 1 is 0.357 bits per heavy atom. The molecular formula is C37H28N2O3. The minimum Gasteiger partial charge on any atom is -0.457 e. The van der Waals surface area contributed by atoms with Gasteiger partial charge in [0.15, 0.2) is 5.78 Å². The maximum Gasteiger partial charge on any atom is 0.193 e. The third-order valence-corrected chi connectivity index (χ3v) is 6.54. The summed E-state index contributed by atoms with van der Waals surface area (Å²) in [6.45, 7) is 0. The van der Waals surface area contributed by atoms with E-state index >= 15 is 0 Å². The zero-order valence-corrected chi connectivity index (χ0v) is 22.7. The molecule has 6 rings (SSSR count). The van der Waals surface area contributed by atoms with Crippen LogP contribution in [-0.4, -0.2) is 5.78 Å². The van der Waals surface area contributed by atoms with E-state index in [0.717, 1.165) is 22.7 Å². The van der Waals surface area contributed by atoms with Crippen molar-refractivity contribution in [3.05, 3.63) is 169 Å². The van der Waals surface area contributed by atoms with Crippen molar-refractivity contribution < 1.29 is 14.3 Å². The maximum absolute atomic E-state index is 13.1. The van der Waals surface area contributed by atoms with Crippen molar-refractivity contribution in [3.8, 4) is 23.0 Å². The predicted molar refractivity (Wildman–Crippen MR) is 169 cm³/mol. The number of hydrogen-bond donors (Lipinski definition) is 2. The number of carbonyl (C=O) groups is 1. The van der Waals surface area contributed by atoms with Crippen molar-refractivity contribution in [2.45, 2.75) is 0 Å². The standard InChI is InChI=1S/C37H28N2O3/c40-37(27-11-19-33(20-12-27)41-35-23-15-31(16-24-35)38-29-7-3-1-4-8-29)28-13-21-34(22-14-28)42-36-25-17-32(18-26-36)39-30-9-5-2-6-10-30/h1-26,38-39H. The van der Waals surface area contributed by atoms with Crippen LogP contribution in [0.2, 0.25) is 0 Å². The van der Waals surface area contributed by atoms with Crippen molar-refractivity contribution in [2.75, 3.05) is 10.6 Å². The Labute approximate surface area is 245 Å². The fourth-order valence-electron chi connectivity index (χ4n) is 4.38. The first kappa shape index (κ1) is 26.4. The number of nitrogens with one attached hydrogen (secondary N) is 2. The molecule has 5 heteroatoms. The third kappa shape index (κ3) is 6.84. The van der Waals surface area contributed by atoms with Gasteiger partial charge in [0.2, 0.25) is 0 Å². The third-order valence-electron chi connectivity index (χ3n) is 6.54. The molecule has 0 aliphatic heterocycles. The lowest BCUT2D eigenvalue weighted by Gasteiger charge is -2.10. The lowest BCUT2D eigenvalue weighted by atomic mass is 10.0. The van der Waals surface area contributed by atoms with Crippen LogP contribution in [-0.2, 0) is 0 Å². The summed E-state index contributed by atoms with van der Waals surface area (Å²) < 4.78 is 11.9. The van der Waals surface area contributed by atoms with Gasteiger partial charge in [-0.3, -0.25) is 4.79 Å². The lowest BCUT2D eigenvalue weighted by molar-refractivity contribution is 0.103. The van der Waals surface area contributed by atoms with Gasteiger partial charge in [-0.05, 0) is 121 Å². The number of rotatable bonds is 10. The van der Waals surface area contributed by atoms with Crippen molar-refractivity contribution in [1.29, 1.82) is 0 Å².